The van der Waals surface area contributed by atoms with Crippen LogP contribution in [-0.2, 0) is 9.53 Å². The Bertz CT molecular complexity index is 496. The van der Waals surface area contributed by atoms with Crippen molar-refractivity contribution in [3.05, 3.63) is 41.7 Å². The van der Waals surface area contributed by atoms with Crippen LogP contribution < -0.4 is 0 Å². The summed E-state index contributed by atoms with van der Waals surface area (Å²) in [7, 11) is 0. The molecule has 1 fully saturated rings. The van der Waals surface area contributed by atoms with Crippen LogP contribution in [0.1, 0.15) is 18.4 Å². The number of benzene rings is 1. The quantitative estimate of drug-likeness (QED) is 0.843. The van der Waals surface area contributed by atoms with E-state index in [4.69, 9.17) is 9.84 Å². The number of hydrogen-bond acceptors (Lipinski definition) is 3. The van der Waals surface area contributed by atoms with Gasteiger partial charge in [0.25, 0.3) is 0 Å². The average Bonchev–Trinajstić information content (AvgIpc) is 2.51. The third kappa shape index (κ3) is 4.95. The molecule has 114 valence electrons. The van der Waals surface area contributed by atoms with E-state index in [0.29, 0.717) is 25.3 Å². The van der Waals surface area contributed by atoms with E-state index in [1.165, 1.54) is 18.2 Å². The monoisotopic (exact) mass is 293 g/mol. The van der Waals surface area contributed by atoms with Gasteiger partial charge in [0.15, 0.2) is 0 Å². The number of rotatable bonds is 5. The molecular weight excluding hydrogens is 273 g/mol. The summed E-state index contributed by atoms with van der Waals surface area (Å²) in [5.74, 6) is -0.383. The van der Waals surface area contributed by atoms with E-state index < -0.39 is 0 Å². The molecule has 0 radical (unpaired) electrons. The highest BCUT2D eigenvalue weighted by molar-refractivity contribution is 5.91. The van der Waals surface area contributed by atoms with Crippen molar-refractivity contribution in [1.82, 2.24) is 4.90 Å². The van der Waals surface area contributed by atoms with Gasteiger partial charge in [0.05, 0.1) is 19.3 Å². The molecule has 1 aliphatic heterocycles. The number of amides is 1. The third-order valence-electron chi connectivity index (χ3n) is 3.47. The lowest BCUT2D eigenvalue weighted by molar-refractivity contribution is -0.128. The molecule has 0 aliphatic carbocycles. The van der Waals surface area contributed by atoms with Gasteiger partial charge >= 0.3 is 0 Å². The van der Waals surface area contributed by atoms with Gasteiger partial charge in [0, 0.05) is 19.2 Å². The maximum Gasteiger partial charge on any atom is 0.246 e. The molecule has 1 aromatic rings. The summed E-state index contributed by atoms with van der Waals surface area (Å²) in [4.78, 5) is 13.8. The van der Waals surface area contributed by atoms with Gasteiger partial charge in [-0.3, -0.25) is 4.79 Å². The van der Waals surface area contributed by atoms with Gasteiger partial charge in [-0.2, -0.15) is 0 Å². The predicted octanol–water partition coefficient (Wildman–Crippen LogP) is 1.84. The van der Waals surface area contributed by atoms with E-state index in [9.17, 15) is 9.18 Å². The van der Waals surface area contributed by atoms with Crippen LogP contribution in [0.5, 0.6) is 0 Å². The van der Waals surface area contributed by atoms with Crippen LogP contribution >= 0.6 is 0 Å². The minimum atomic E-state index is -0.313. The van der Waals surface area contributed by atoms with Crippen LogP contribution in [0.2, 0.25) is 0 Å². The lowest BCUT2D eigenvalue weighted by Gasteiger charge is -2.31. The fourth-order valence-corrected chi connectivity index (χ4v) is 2.35. The van der Waals surface area contributed by atoms with Crippen molar-refractivity contribution in [2.75, 3.05) is 26.3 Å². The van der Waals surface area contributed by atoms with Crippen molar-refractivity contribution in [1.29, 1.82) is 0 Å². The lowest BCUT2D eigenvalue weighted by Crippen LogP contribution is -2.40. The Hall–Kier alpha value is -1.72. The van der Waals surface area contributed by atoms with E-state index >= 15 is 0 Å². The van der Waals surface area contributed by atoms with Gasteiger partial charge in [-0.15, -0.1) is 0 Å². The predicted molar refractivity (Wildman–Crippen MR) is 78.1 cm³/mol. The van der Waals surface area contributed by atoms with Gasteiger partial charge in [-0.25, -0.2) is 4.39 Å². The smallest absolute Gasteiger partial charge is 0.246 e. The minimum absolute atomic E-state index is 0.0233. The molecule has 1 heterocycles. The molecule has 1 amide bonds. The molecule has 0 aromatic heterocycles. The van der Waals surface area contributed by atoms with E-state index in [2.05, 4.69) is 0 Å². The molecule has 2 rings (SSSR count). The first-order chi connectivity index (χ1) is 10.2. The molecule has 1 aliphatic rings. The van der Waals surface area contributed by atoms with Gasteiger partial charge in [-0.05, 0) is 36.6 Å². The Morgan fingerprint density at radius 2 is 2.19 bits per heavy atom. The maximum atomic E-state index is 13.0. The van der Waals surface area contributed by atoms with Crippen LogP contribution in [0.3, 0.4) is 0 Å². The molecule has 1 aromatic carbocycles. The molecule has 0 unspecified atom stereocenters. The number of piperidine rings is 1. The van der Waals surface area contributed by atoms with Crippen molar-refractivity contribution in [2.24, 2.45) is 0 Å². The summed E-state index contributed by atoms with van der Waals surface area (Å²) in [6.07, 6.45) is 4.77. The van der Waals surface area contributed by atoms with Crippen molar-refractivity contribution < 1.29 is 19.0 Å². The van der Waals surface area contributed by atoms with E-state index in [1.54, 1.807) is 23.1 Å². The summed E-state index contributed by atoms with van der Waals surface area (Å²) >= 11 is 0. The highest BCUT2D eigenvalue weighted by atomic mass is 19.1. The fourth-order valence-electron chi connectivity index (χ4n) is 2.35. The zero-order valence-corrected chi connectivity index (χ0v) is 11.9. The van der Waals surface area contributed by atoms with Gasteiger partial charge < -0.3 is 14.7 Å². The molecule has 0 spiro atoms. The van der Waals surface area contributed by atoms with Crippen molar-refractivity contribution in [3.63, 3.8) is 0 Å². The Morgan fingerprint density at radius 3 is 2.86 bits per heavy atom. The topological polar surface area (TPSA) is 49.8 Å². The Balaban J connectivity index is 1.82. The van der Waals surface area contributed by atoms with E-state index in [0.717, 1.165) is 12.8 Å². The first kappa shape index (κ1) is 15.7. The number of halogens is 1. The molecule has 0 saturated carbocycles. The van der Waals surface area contributed by atoms with Crippen molar-refractivity contribution >= 4 is 12.0 Å². The summed E-state index contributed by atoms with van der Waals surface area (Å²) in [6.45, 7) is 1.65. The van der Waals surface area contributed by atoms with Crippen molar-refractivity contribution in [2.45, 2.75) is 18.9 Å². The molecule has 21 heavy (non-hydrogen) atoms. The number of aliphatic hydroxyl groups is 1. The van der Waals surface area contributed by atoms with Crippen LogP contribution in [-0.4, -0.2) is 48.3 Å². The molecule has 4 nitrogen and oxygen atoms in total. The first-order valence-corrected chi connectivity index (χ1v) is 7.14. The normalized spacial score (nSPS) is 16.6. The second-order valence-corrected chi connectivity index (χ2v) is 5.01. The highest BCUT2D eigenvalue weighted by Gasteiger charge is 2.21. The van der Waals surface area contributed by atoms with Crippen LogP contribution in [0.25, 0.3) is 6.08 Å². The third-order valence-corrected chi connectivity index (χ3v) is 3.47. The van der Waals surface area contributed by atoms with Crippen molar-refractivity contribution in [3.8, 4) is 0 Å². The van der Waals surface area contributed by atoms with E-state index in [-0.39, 0.29) is 24.4 Å². The van der Waals surface area contributed by atoms with Gasteiger partial charge in [-0.1, -0.05) is 12.1 Å². The molecule has 1 saturated heterocycles. The number of hydrogen-bond donors (Lipinski definition) is 1. The Labute approximate surface area is 123 Å². The number of likely N-dealkylation sites (tertiary alicyclic amines) is 1. The van der Waals surface area contributed by atoms with Crippen LogP contribution in [0.15, 0.2) is 30.3 Å². The molecular formula is C16H20FNO3. The Kier molecular flexibility index (Phi) is 5.90. The number of ether oxygens (including phenoxy) is 1. The summed E-state index contributed by atoms with van der Waals surface area (Å²) < 4.78 is 18.5. The number of carbonyl (C=O) groups is 1. The van der Waals surface area contributed by atoms with Crippen LogP contribution in [0.4, 0.5) is 4.39 Å². The lowest BCUT2D eigenvalue weighted by atomic mass is 10.1. The number of aliphatic hydroxyl groups excluding tert-OH is 1. The SMILES string of the molecule is O=C(/C=C/c1cccc(F)c1)N1CCC(OCCO)CC1. The summed E-state index contributed by atoms with van der Waals surface area (Å²) in [6, 6.07) is 6.13. The highest BCUT2D eigenvalue weighted by Crippen LogP contribution is 2.14. The van der Waals surface area contributed by atoms with Gasteiger partial charge in [0.2, 0.25) is 5.91 Å². The summed E-state index contributed by atoms with van der Waals surface area (Å²) in [5, 5.41) is 8.71. The zero-order chi connectivity index (χ0) is 15.1. The van der Waals surface area contributed by atoms with Crippen LogP contribution in [0, 0.1) is 5.82 Å². The minimum Gasteiger partial charge on any atom is -0.394 e. The fraction of sp³-hybridized carbons (Fsp3) is 0.438. The maximum absolute atomic E-state index is 13.0. The first-order valence-electron chi connectivity index (χ1n) is 7.14. The Morgan fingerprint density at radius 1 is 1.43 bits per heavy atom. The summed E-state index contributed by atoms with van der Waals surface area (Å²) in [5.41, 5.74) is 0.671. The average molecular weight is 293 g/mol. The molecule has 5 heteroatoms. The molecule has 1 N–H and O–H groups in total. The number of carbonyl (C=O) groups excluding carboxylic acids is 1. The molecule has 0 atom stereocenters. The molecule has 0 bridgehead atoms. The number of nitrogens with zero attached hydrogens (tertiary/aromatic N) is 1. The van der Waals surface area contributed by atoms with Gasteiger partial charge in [0.1, 0.15) is 5.82 Å². The largest absolute Gasteiger partial charge is 0.394 e. The second-order valence-electron chi connectivity index (χ2n) is 5.01. The second kappa shape index (κ2) is 7.90. The standard InChI is InChI=1S/C16H20FNO3/c17-14-3-1-2-13(12-14)4-5-16(20)18-8-6-15(7-9-18)21-11-10-19/h1-5,12,15,19H,6-11H2/b5-4+. The van der Waals surface area contributed by atoms with E-state index in [1.807, 2.05) is 0 Å². The zero-order valence-electron chi connectivity index (χ0n) is 11.9.